The molecule has 0 saturated carbocycles. The van der Waals surface area contributed by atoms with Crippen molar-refractivity contribution in [3.05, 3.63) is 60.2 Å². The van der Waals surface area contributed by atoms with Crippen LogP contribution in [0.3, 0.4) is 0 Å². The highest BCUT2D eigenvalue weighted by atomic mass is 32.2. The van der Waals surface area contributed by atoms with Gasteiger partial charge in [0.05, 0.1) is 11.4 Å². The van der Waals surface area contributed by atoms with Gasteiger partial charge in [-0.05, 0) is 35.7 Å². The van der Waals surface area contributed by atoms with E-state index in [1.807, 2.05) is 37.3 Å². The van der Waals surface area contributed by atoms with Gasteiger partial charge in [0, 0.05) is 26.2 Å². The van der Waals surface area contributed by atoms with Crippen molar-refractivity contribution in [3.63, 3.8) is 0 Å². The molecule has 150 valence electrons. The molecule has 2 aromatic rings. The summed E-state index contributed by atoms with van der Waals surface area (Å²) in [6.07, 6.45) is 0. The fourth-order valence-corrected chi connectivity index (χ4v) is 3.73. The van der Waals surface area contributed by atoms with E-state index in [4.69, 9.17) is 0 Å². The second-order valence-electron chi connectivity index (χ2n) is 6.58. The maximum Gasteiger partial charge on any atom is 0.243 e. The van der Waals surface area contributed by atoms with Crippen LogP contribution in [0, 0.1) is 0 Å². The Labute approximate surface area is 165 Å². The molecule has 0 aliphatic heterocycles. The molecular weight excluding hydrogens is 378 g/mol. The van der Waals surface area contributed by atoms with Gasteiger partial charge in [-0.1, -0.05) is 37.3 Å². The summed E-state index contributed by atoms with van der Waals surface area (Å²) in [4.78, 5) is 23.3. The second-order valence-corrected chi connectivity index (χ2v) is 8.63. The Morgan fingerprint density at radius 2 is 1.64 bits per heavy atom. The normalized spacial score (nSPS) is 12.4. The van der Waals surface area contributed by atoms with Crippen molar-refractivity contribution in [2.75, 3.05) is 25.5 Å². The Balaban J connectivity index is 1.93. The molecule has 0 saturated heterocycles. The minimum atomic E-state index is -3.81. The average Bonchev–Trinajstić information content (AvgIpc) is 2.66. The van der Waals surface area contributed by atoms with Crippen LogP contribution in [-0.4, -0.2) is 44.7 Å². The summed E-state index contributed by atoms with van der Waals surface area (Å²) in [6.45, 7) is 3.50. The maximum atomic E-state index is 12.6. The van der Waals surface area contributed by atoms with Crippen molar-refractivity contribution in [1.82, 2.24) is 9.62 Å². The van der Waals surface area contributed by atoms with Crippen molar-refractivity contribution < 1.29 is 18.0 Å². The lowest BCUT2D eigenvalue weighted by Gasteiger charge is -2.18. The number of hydrogen-bond acceptors (Lipinski definition) is 4. The zero-order valence-electron chi connectivity index (χ0n) is 16.2. The van der Waals surface area contributed by atoms with E-state index in [1.165, 1.54) is 38.2 Å². The van der Waals surface area contributed by atoms with E-state index in [1.54, 1.807) is 0 Å². The number of rotatable bonds is 8. The molecule has 0 aliphatic rings. The first-order valence-corrected chi connectivity index (χ1v) is 10.3. The van der Waals surface area contributed by atoms with Crippen molar-refractivity contribution >= 4 is 27.5 Å². The molecule has 2 N–H and O–H groups in total. The largest absolute Gasteiger partial charge is 0.354 e. The van der Waals surface area contributed by atoms with E-state index in [9.17, 15) is 18.0 Å². The molecule has 2 aromatic carbocycles. The van der Waals surface area contributed by atoms with E-state index in [0.717, 1.165) is 9.87 Å². The highest BCUT2D eigenvalue weighted by Gasteiger charge is 2.23. The van der Waals surface area contributed by atoms with Gasteiger partial charge in [-0.3, -0.25) is 9.59 Å². The molecule has 0 fully saturated rings. The van der Waals surface area contributed by atoms with Gasteiger partial charge in [-0.2, -0.15) is 4.31 Å². The van der Waals surface area contributed by atoms with E-state index in [2.05, 4.69) is 10.6 Å². The third-order valence-electron chi connectivity index (χ3n) is 4.22. The number of anilines is 1. The van der Waals surface area contributed by atoms with Gasteiger partial charge >= 0.3 is 0 Å². The average molecular weight is 404 g/mol. The van der Waals surface area contributed by atoms with E-state index >= 15 is 0 Å². The monoisotopic (exact) mass is 403 g/mol. The zero-order chi connectivity index (χ0) is 20.7. The molecule has 0 aliphatic carbocycles. The van der Waals surface area contributed by atoms with Gasteiger partial charge in [0.25, 0.3) is 0 Å². The Hall–Kier alpha value is -2.71. The zero-order valence-corrected chi connectivity index (χ0v) is 17.0. The predicted octanol–water partition coefficient (Wildman–Crippen LogP) is 2.19. The highest BCUT2D eigenvalue weighted by Crippen LogP contribution is 2.17. The Kier molecular flexibility index (Phi) is 7.31. The van der Waals surface area contributed by atoms with Crippen molar-refractivity contribution in [1.29, 1.82) is 0 Å². The summed E-state index contributed by atoms with van der Waals surface area (Å²) in [5.41, 5.74) is 1.60. The number of nitrogens with one attached hydrogen (secondary N) is 2. The molecule has 0 unspecified atom stereocenters. The van der Waals surface area contributed by atoms with Gasteiger partial charge in [-0.15, -0.1) is 0 Å². The molecule has 0 heterocycles. The summed E-state index contributed by atoms with van der Waals surface area (Å²) in [7, 11) is -2.45. The SMILES string of the molecule is CC(=O)Nc1ccc(S(=O)(=O)N(C)CC(=O)NC[C@H](C)c2ccccc2)cc1. The summed E-state index contributed by atoms with van der Waals surface area (Å²) in [6, 6.07) is 15.6. The number of benzene rings is 2. The highest BCUT2D eigenvalue weighted by molar-refractivity contribution is 7.89. The molecule has 2 amide bonds. The lowest BCUT2D eigenvalue weighted by Crippen LogP contribution is -2.39. The van der Waals surface area contributed by atoms with Gasteiger partial charge in [0.1, 0.15) is 0 Å². The molecule has 0 aromatic heterocycles. The van der Waals surface area contributed by atoms with Crippen LogP contribution in [0.2, 0.25) is 0 Å². The topological polar surface area (TPSA) is 95.6 Å². The number of carbonyl (C=O) groups excluding carboxylic acids is 2. The number of carbonyl (C=O) groups is 2. The summed E-state index contributed by atoms with van der Waals surface area (Å²) < 4.78 is 26.2. The first-order chi connectivity index (χ1) is 13.2. The van der Waals surface area contributed by atoms with Crippen LogP contribution in [0.1, 0.15) is 25.3 Å². The van der Waals surface area contributed by atoms with Crippen LogP contribution < -0.4 is 10.6 Å². The molecule has 1 atom stereocenters. The van der Waals surface area contributed by atoms with Crippen molar-refractivity contribution in [2.24, 2.45) is 0 Å². The number of likely N-dealkylation sites (N-methyl/N-ethyl adjacent to an activating group) is 1. The van der Waals surface area contributed by atoms with E-state index in [0.29, 0.717) is 12.2 Å². The minimum absolute atomic E-state index is 0.0505. The Morgan fingerprint density at radius 3 is 2.21 bits per heavy atom. The molecule has 28 heavy (non-hydrogen) atoms. The summed E-state index contributed by atoms with van der Waals surface area (Å²) in [5, 5.41) is 5.35. The van der Waals surface area contributed by atoms with Gasteiger partial charge in [0.15, 0.2) is 0 Å². The molecule has 0 spiro atoms. The van der Waals surface area contributed by atoms with Crippen LogP contribution in [-0.2, 0) is 19.6 Å². The van der Waals surface area contributed by atoms with Gasteiger partial charge < -0.3 is 10.6 Å². The molecule has 0 radical (unpaired) electrons. The second kappa shape index (κ2) is 9.48. The van der Waals surface area contributed by atoms with E-state index < -0.39 is 10.0 Å². The fourth-order valence-electron chi connectivity index (χ4n) is 2.60. The fraction of sp³-hybridized carbons (Fsp3) is 0.300. The van der Waals surface area contributed by atoms with E-state index in [-0.39, 0.29) is 29.2 Å². The molecule has 8 heteroatoms. The smallest absolute Gasteiger partial charge is 0.243 e. The first kappa shape index (κ1) is 21.6. The third-order valence-corrected chi connectivity index (χ3v) is 6.04. The molecule has 2 rings (SSSR count). The lowest BCUT2D eigenvalue weighted by molar-refractivity contribution is -0.121. The van der Waals surface area contributed by atoms with Crippen molar-refractivity contribution in [2.45, 2.75) is 24.7 Å². The first-order valence-electron chi connectivity index (χ1n) is 8.86. The molecule has 0 bridgehead atoms. The lowest BCUT2D eigenvalue weighted by atomic mass is 10.0. The number of hydrogen-bond donors (Lipinski definition) is 2. The quantitative estimate of drug-likeness (QED) is 0.706. The number of nitrogens with zero attached hydrogens (tertiary/aromatic N) is 1. The number of amides is 2. The minimum Gasteiger partial charge on any atom is -0.354 e. The van der Waals surface area contributed by atoms with Crippen LogP contribution in [0.4, 0.5) is 5.69 Å². The predicted molar refractivity (Wildman–Crippen MR) is 108 cm³/mol. The summed E-state index contributed by atoms with van der Waals surface area (Å²) >= 11 is 0. The molecular formula is C20H25N3O4S. The number of sulfonamides is 1. The van der Waals surface area contributed by atoms with Gasteiger partial charge in [-0.25, -0.2) is 8.42 Å². The third kappa shape index (κ3) is 5.90. The van der Waals surface area contributed by atoms with Crippen LogP contribution in [0.5, 0.6) is 0 Å². The molecule has 7 nitrogen and oxygen atoms in total. The van der Waals surface area contributed by atoms with Crippen molar-refractivity contribution in [3.8, 4) is 0 Å². The van der Waals surface area contributed by atoms with Crippen LogP contribution >= 0.6 is 0 Å². The van der Waals surface area contributed by atoms with Crippen LogP contribution in [0.25, 0.3) is 0 Å². The Morgan fingerprint density at radius 1 is 1.04 bits per heavy atom. The summed E-state index contributed by atoms with van der Waals surface area (Å²) in [5.74, 6) is -0.494. The standard InChI is InChI=1S/C20H25N3O4S/c1-15(17-7-5-4-6-8-17)13-21-20(25)14-23(3)28(26,27)19-11-9-18(10-12-19)22-16(2)24/h4-12,15H,13-14H2,1-3H3,(H,21,25)(H,22,24)/t15-/m0/s1. The van der Waals surface area contributed by atoms with Crippen LogP contribution in [0.15, 0.2) is 59.5 Å². The Bertz CT molecular complexity index is 912. The van der Waals surface area contributed by atoms with Gasteiger partial charge in [0.2, 0.25) is 21.8 Å². The maximum absolute atomic E-state index is 12.6.